The van der Waals surface area contributed by atoms with Crippen LogP contribution in [0.25, 0.3) is 11.3 Å². The molecular formula is C15H20N4. The molecule has 100 valence electrons. The SMILES string of the molecule is CCNc1nc(C)cc(-c2ccc(N(C)C)cc2)n1. The van der Waals surface area contributed by atoms with Crippen LogP contribution in [0.3, 0.4) is 0 Å². The quantitative estimate of drug-likeness (QED) is 0.913. The summed E-state index contributed by atoms with van der Waals surface area (Å²) in [6.45, 7) is 4.85. The van der Waals surface area contributed by atoms with Crippen molar-refractivity contribution < 1.29 is 0 Å². The van der Waals surface area contributed by atoms with Gasteiger partial charge in [0.25, 0.3) is 0 Å². The van der Waals surface area contributed by atoms with E-state index in [9.17, 15) is 0 Å². The molecule has 4 nitrogen and oxygen atoms in total. The number of hydrogen-bond acceptors (Lipinski definition) is 4. The number of aryl methyl sites for hydroxylation is 1. The number of aromatic nitrogens is 2. The van der Waals surface area contributed by atoms with Crippen LogP contribution in [0, 0.1) is 6.92 Å². The summed E-state index contributed by atoms with van der Waals surface area (Å²) in [6.07, 6.45) is 0. The van der Waals surface area contributed by atoms with Crippen LogP contribution in [0.5, 0.6) is 0 Å². The minimum Gasteiger partial charge on any atom is -0.378 e. The molecule has 0 aliphatic carbocycles. The van der Waals surface area contributed by atoms with Crippen LogP contribution in [0.4, 0.5) is 11.6 Å². The van der Waals surface area contributed by atoms with Gasteiger partial charge in [-0.05, 0) is 32.0 Å². The number of benzene rings is 1. The van der Waals surface area contributed by atoms with Gasteiger partial charge in [0.2, 0.25) is 5.95 Å². The largest absolute Gasteiger partial charge is 0.378 e. The molecule has 0 aliphatic rings. The van der Waals surface area contributed by atoms with Crippen LogP contribution in [0.2, 0.25) is 0 Å². The van der Waals surface area contributed by atoms with Crippen molar-refractivity contribution in [2.24, 2.45) is 0 Å². The Kier molecular flexibility index (Phi) is 4.00. The predicted octanol–water partition coefficient (Wildman–Crippen LogP) is 2.95. The average Bonchev–Trinajstić information content (AvgIpc) is 2.38. The van der Waals surface area contributed by atoms with E-state index in [1.165, 1.54) is 5.69 Å². The summed E-state index contributed by atoms with van der Waals surface area (Å²) in [7, 11) is 4.07. The highest BCUT2D eigenvalue weighted by Crippen LogP contribution is 2.22. The van der Waals surface area contributed by atoms with Crippen molar-refractivity contribution in [1.82, 2.24) is 9.97 Å². The molecular weight excluding hydrogens is 236 g/mol. The number of rotatable bonds is 4. The second-order valence-corrected chi connectivity index (χ2v) is 4.69. The van der Waals surface area contributed by atoms with E-state index in [1.54, 1.807) is 0 Å². The van der Waals surface area contributed by atoms with Crippen LogP contribution in [0.15, 0.2) is 30.3 Å². The Bertz CT molecular complexity index is 547. The van der Waals surface area contributed by atoms with Gasteiger partial charge < -0.3 is 10.2 Å². The van der Waals surface area contributed by atoms with E-state index in [0.29, 0.717) is 5.95 Å². The van der Waals surface area contributed by atoms with Crippen molar-refractivity contribution in [3.05, 3.63) is 36.0 Å². The van der Waals surface area contributed by atoms with Gasteiger partial charge in [-0.1, -0.05) is 12.1 Å². The van der Waals surface area contributed by atoms with Gasteiger partial charge in [-0.2, -0.15) is 0 Å². The summed E-state index contributed by atoms with van der Waals surface area (Å²) < 4.78 is 0. The molecule has 0 unspecified atom stereocenters. The van der Waals surface area contributed by atoms with Gasteiger partial charge >= 0.3 is 0 Å². The summed E-state index contributed by atoms with van der Waals surface area (Å²) in [4.78, 5) is 11.0. The Balaban J connectivity index is 2.35. The van der Waals surface area contributed by atoms with Gasteiger partial charge in [0.15, 0.2) is 0 Å². The number of anilines is 2. The van der Waals surface area contributed by atoms with E-state index >= 15 is 0 Å². The Hall–Kier alpha value is -2.10. The van der Waals surface area contributed by atoms with Crippen molar-refractivity contribution in [1.29, 1.82) is 0 Å². The monoisotopic (exact) mass is 256 g/mol. The van der Waals surface area contributed by atoms with Crippen LogP contribution in [0.1, 0.15) is 12.6 Å². The molecule has 0 bridgehead atoms. The summed E-state index contributed by atoms with van der Waals surface area (Å²) in [5, 5.41) is 3.16. The van der Waals surface area contributed by atoms with Gasteiger partial charge in [-0.15, -0.1) is 0 Å². The predicted molar refractivity (Wildman–Crippen MR) is 80.7 cm³/mol. The molecule has 2 aromatic rings. The van der Waals surface area contributed by atoms with Crippen LogP contribution in [-0.4, -0.2) is 30.6 Å². The van der Waals surface area contributed by atoms with Crippen molar-refractivity contribution in [3.63, 3.8) is 0 Å². The Morgan fingerprint density at radius 1 is 1.11 bits per heavy atom. The lowest BCUT2D eigenvalue weighted by Crippen LogP contribution is -2.08. The maximum absolute atomic E-state index is 4.53. The molecule has 1 aromatic heterocycles. The normalized spacial score (nSPS) is 10.3. The average molecular weight is 256 g/mol. The summed E-state index contributed by atoms with van der Waals surface area (Å²) in [5.41, 5.74) is 4.21. The van der Waals surface area contributed by atoms with Gasteiger partial charge in [0.1, 0.15) is 0 Å². The molecule has 0 radical (unpaired) electrons. The van der Waals surface area contributed by atoms with Gasteiger partial charge in [0.05, 0.1) is 5.69 Å². The lowest BCUT2D eigenvalue weighted by Gasteiger charge is -2.13. The van der Waals surface area contributed by atoms with E-state index in [2.05, 4.69) is 44.5 Å². The molecule has 0 saturated heterocycles. The zero-order valence-corrected chi connectivity index (χ0v) is 11.9. The lowest BCUT2D eigenvalue weighted by atomic mass is 10.1. The smallest absolute Gasteiger partial charge is 0.223 e. The first kappa shape index (κ1) is 13.3. The third kappa shape index (κ3) is 3.22. The Labute approximate surface area is 114 Å². The molecule has 4 heteroatoms. The molecule has 0 spiro atoms. The van der Waals surface area contributed by atoms with E-state index < -0.39 is 0 Å². The zero-order valence-electron chi connectivity index (χ0n) is 11.9. The highest BCUT2D eigenvalue weighted by molar-refractivity contribution is 5.64. The molecule has 0 fully saturated rings. The van der Waals surface area contributed by atoms with Crippen molar-refractivity contribution in [2.75, 3.05) is 30.9 Å². The van der Waals surface area contributed by atoms with Gasteiger partial charge in [0, 0.05) is 37.6 Å². The van der Waals surface area contributed by atoms with Crippen LogP contribution in [-0.2, 0) is 0 Å². The highest BCUT2D eigenvalue weighted by atomic mass is 15.1. The van der Waals surface area contributed by atoms with E-state index in [0.717, 1.165) is 23.5 Å². The number of nitrogens with zero attached hydrogens (tertiary/aromatic N) is 3. The fourth-order valence-electron chi connectivity index (χ4n) is 1.88. The molecule has 1 heterocycles. The van der Waals surface area contributed by atoms with Crippen LogP contribution < -0.4 is 10.2 Å². The molecule has 1 aromatic carbocycles. The lowest BCUT2D eigenvalue weighted by molar-refractivity contribution is 1.05. The van der Waals surface area contributed by atoms with E-state index in [4.69, 9.17) is 0 Å². The first-order valence-electron chi connectivity index (χ1n) is 6.47. The summed E-state index contributed by atoms with van der Waals surface area (Å²) in [5.74, 6) is 0.689. The second kappa shape index (κ2) is 5.69. The maximum atomic E-state index is 4.53. The fourth-order valence-corrected chi connectivity index (χ4v) is 1.88. The van der Waals surface area contributed by atoms with Crippen molar-refractivity contribution in [2.45, 2.75) is 13.8 Å². The molecule has 0 aliphatic heterocycles. The number of nitrogens with one attached hydrogen (secondary N) is 1. The standard InChI is InChI=1S/C15H20N4/c1-5-16-15-17-11(2)10-14(18-15)12-6-8-13(9-7-12)19(3)4/h6-10H,5H2,1-4H3,(H,16,17,18). The Morgan fingerprint density at radius 3 is 2.37 bits per heavy atom. The van der Waals surface area contributed by atoms with Crippen LogP contribution >= 0.6 is 0 Å². The number of hydrogen-bond donors (Lipinski definition) is 1. The molecule has 0 amide bonds. The third-order valence-corrected chi connectivity index (χ3v) is 2.87. The van der Waals surface area contributed by atoms with E-state index in [-0.39, 0.29) is 0 Å². The highest BCUT2D eigenvalue weighted by Gasteiger charge is 2.04. The van der Waals surface area contributed by atoms with Crippen molar-refractivity contribution in [3.8, 4) is 11.3 Å². The molecule has 1 N–H and O–H groups in total. The molecule has 2 rings (SSSR count). The topological polar surface area (TPSA) is 41.1 Å². The second-order valence-electron chi connectivity index (χ2n) is 4.69. The van der Waals surface area contributed by atoms with Crippen molar-refractivity contribution >= 4 is 11.6 Å². The minimum absolute atomic E-state index is 0.689. The Morgan fingerprint density at radius 2 is 1.79 bits per heavy atom. The molecule has 19 heavy (non-hydrogen) atoms. The van der Waals surface area contributed by atoms with E-state index in [1.807, 2.05) is 34.0 Å². The summed E-state index contributed by atoms with van der Waals surface area (Å²) >= 11 is 0. The first-order chi connectivity index (χ1) is 9.10. The summed E-state index contributed by atoms with van der Waals surface area (Å²) in [6, 6.07) is 10.4. The van der Waals surface area contributed by atoms with Gasteiger partial charge in [-0.25, -0.2) is 9.97 Å². The molecule has 0 atom stereocenters. The fraction of sp³-hybridized carbons (Fsp3) is 0.333. The minimum atomic E-state index is 0.689. The molecule has 0 saturated carbocycles. The zero-order chi connectivity index (χ0) is 13.8. The third-order valence-electron chi connectivity index (χ3n) is 2.87. The van der Waals surface area contributed by atoms with Gasteiger partial charge in [-0.3, -0.25) is 0 Å². The maximum Gasteiger partial charge on any atom is 0.223 e. The first-order valence-corrected chi connectivity index (χ1v) is 6.47.